The van der Waals surface area contributed by atoms with Crippen molar-refractivity contribution in [2.45, 2.75) is 31.2 Å². The molecular formula is C34H38Cl4N4O6. The number of carboxylic acids is 2. The van der Waals surface area contributed by atoms with E-state index < -0.39 is 17.9 Å². The van der Waals surface area contributed by atoms with Crippen molar-refractivity contribution in [1.82, 2.24) is 19.6 Å². The molecule has 2 aromatic rings. The molecule has 0 saturated carbocycles. The molecule has 2 atom stereocenters. The van der Waals surface area contributed by atoms with Crippen molar-refractivity contribution in [1.29, 1.82) is 0 Å². The molecule has 10 nitrogen and oxygen atoms in total. The second-order valence-electron chi connectivity index (χ2n) is 12.3. The van der Waals surface area contributed by atoms with Crippen molar-refractivity contribution in [3.8, 4) is 0 Å². The highest BCUT2D eigenvalue weighted by Gasteiger charge is 2.42. The lowest BCUT2D eigenvalue weighted by molar-refractivity contribution is -0.133. The maximum absolute atomic E-state index is 13.9. The van der Waals surface area contributed by atoms with E-state index in [2.05, 4.69) is 9.80 Å². The normalized spacial score (nSPS) is 23.9. The number of rotatable bonds is 9. The Hall–Kier alpha value is -3.12. The van der Waals surface area contributed by atoms with Crippen LogP contribution in [-0.2, 0) is 14.4 Å². The molecule has 1 amide bonds. The van der Waals surface area contributed by atoms with Crippen molar-refractivity contribution < 1.29 is 29.4 Å². The van der Waals surface area contributed by atoms with Crippen molar-refractivity contribution >= 4 is 71.6 Å². The van der Waals surface area contributed by atoms with Gasteiger partial charge in [-0.05, 0) is 44.0 Å². The molecule has 5 heterocycles. The highest BCUT2D eigenvalue weighted by atomic mass is 35.5. The fourth-order valence-corrected chi connectivity index (χ4v) is 8.04. The number of aliphatic carboxylic acids is 2. The summed E-state index contributed by atoms with van der Waals surface area (Å²) in [5, 5.41) is 21.1. The summed E-state index contributed by atoms with van der Waals surface area (Å²) in [4.78, 5) is 61.0. The summed E-state index contributed by atoms with van der Waals surface area (Å²) in [6, 6.07) is 13.5. The number of piperazine rings is 1. The molecule has 4 saturated heterocycles. The van der Waals surface area contributed by atoms with E-state index in [1.807, 2.05) is 0 Å². The van der Waals surface area contributed by atoms with E-state index in [9.17, 15) is 29.4 Å². The summed E-state index contributed by atoms with van der Waals surface area (Å²) in [6.45, 7) is 5.45. The summed E-state index contributed by atoms with van der Waals surface area (Å²) >= 11 is 13.0. The van der Waals surface area contributed by atoms with Gasteiger partial charge in [-0.25, -0.2) is 9.59 Å². The predicted octanol–water partition coefficient (Wildman–Crippen LogP) is 5.05. The van der Waals surface area contributed by atoms with Crippen LogP contribution in [0.15, 0.2) is 71.6 Å². The van der Waals surface area contributed by atoms with Gasteiger partial charge in [-0.2, -0.15) is 0 Å². The molecule has 7 rings (SSSR count). The van der Waals surface area contributed by atoms with E-state index in [0.29, 0.717) is 30.6 Å². The molecule has 2 bridgehead atoms. The highest BCUT2D eigenvalue weighted by Crippen LogP contribution is 2.45. The smallest absolute Gasteiger partial charge is 0.334 e. The van der Waals surface area contributed by atoms with Crippen LogP contribution in [0.1, 0.15) is 41.1 Å². The first-order chi connectivity index (χ1) is 22.1. The Morgan fingerprint density at radius 2 is 1.42 bits per heavy atom. The fraction of sp³-hybridized carbons (Fsp3) is 0.412. The molecule has 2 N–H and O–H groups in total. The first-order valence-corrected chi connectivity index (χ1v) is 16.3. The minimum absolute atomic E-state index is 0. The second-order valence-corrected chi connectivity index (χ2v) is 13.2. The topological polar surface area (TPSA) is 122 Å². The number of hydrogen-bond acceptors (Lipinski definition) is 7. The summed E-state index contributed by atoms with van der Waals surface area (Å²) in [7, 11) is 0. The molecule has 2 unspecified atom stereocenters. The van der Waals surface area contributed by atoms with Crippen LogP contribution >= 0.6 is 48.0 Å². The van der Waals surface area contributed by atoms with Crippen LogP contribution in [0.25, 0.3) is 0 Å². The lowest BCUT2D eigenvalue weighted by Gasteiger charge is -2.51. The lowest BCUT2D eigenvalue weighted by atomic mass is 9.80. The van der Waals surface area contributed by atoms with Gasteiger partial charge in [0.05, 0.1) is 30.0 Å². The van der Waals surface area contributed by atoms with Gasteiger partial charge in [0.25, 0.3) is 0 Å². The van der Waals surface area contributed by atoms with Gasteiger partial charge in [0.2, 0.25) is 5.91 Å². The van der Waals surface area contributed by atoms with Crippen LogP contribution in [0.3, 0.4) is 0 Å². The molecule has 2 aromatic carbocycles. The number of benzene rings is 2. The first-order valence-electron chi connectivity index (χ1n) is 15.6. The predicted molar refractivity (Wildman–Crippen MR) is 187 cm³/mol. The molecule has 48 heavy (non-hydrogen) atoms. The third-order valence-corrected chi connectivity index (χ3v) is 10.5. The van der Waals surface area contributed by atoms with Gasteiger partial charge in [-0.3, -0.25) is 14.5 Å². The number of ketones is 1. The van der Waals surface area contributed by atoms with Crippen LogP contribution < -0.4 is 0 Å². The van der Waals surface area contributed by atoms with Gasteiger partial charge in [0.15, 0.2) is 5.78 Å². The summed E-state index contributed by atoms with van der Waals surface area (Å²) < 4.78 is 0. The molecule has 0 radical (unpaired) electrons. The second kappa shape index (κ2) is 16.1. The van der Waals surface area contributed by atoms with Gasteiger partial charge in [0, 0.05) is 71.8 Å². The number of fused-ring (bicyclic) bond motifs is 3. The number of nitrogens with zero attached hydrogens (tertiary/aromatic N) is 4. The first kappa shape index (κ1) is 37.7. The number of amides is 1. The summed E-state index contributed by atoms with van der Waals surface area (Å²) in [5.74, 6) is -4.19. The van der Waals surface area contributed by atoms with E-state index >= 15 is 0 Å². The van der Waals surface area contributed by atoms with Crippen molar-refractivity contribution in [3.63, 3.8) is 0 Å². The van der Waals surface area contributed by atoms with E-state index in [1.54, 1.807) is 41.3 Å². The lowest BCUT2D eigenvalue weighted by Crippen LogP contribution is -2.61. The van der Waals surface area contributed by atoms with E-state index in [4.69, 9.17) is 23.2 Å². The Balaban J connectivity index is 0.00000260. The Kier molecular flexibility index (Phi) is 12.6. The average molecular weight is 741 g/mol. The Morgan fingerprint density at radius 1 is 0.792 bits per heavy atom. The van der Waals surface area contributed by atoms with Gasteiger partial charge in [-0.1, -0.05) is 59.6 Å². The van der Waals surface area contributed by atoms with E-state index in [1.165, 1.54) is 36.1 Å². The zero-order chi connectivity index (χ0) is 32.5. The SMILES string of the molecule is Cl.Cl.O=C(O)C1=CN(CC(=O)c2ccccc2)C(CC(=O)N2CCN(C3CN4CCC3CC4)CC2)=C(C(=O)O)C1c1c(Cl)cccc1Cl. The average Bonchev–Trinajstić information content (AvgIpc) is 3.06. The minimum atomic E-state index is -1.43. The van der Waals surface area contributed by atoms with Crippen LogP contribution in [0.5, 0.6) is 0 Å². The van der Waals surface area contributed by atoms with Gasteiger partial charge in [-0.15, -0.1) is 24.8 Å². The molecule has 258 valence electrons. The van der Waals surface area contributed by atoms with Crippen molar-refractivity contribution in [3.05, 3.63) is 92.7 Å². The standard InChI is InChI=1S/C34H36Cl2N4O6.2ClH/c35-24-7-4-8-25(36)31(24)30-23(33(43)44)18-40(20-28(41)22-5-2-1-3-6-22)26(32(30)34(45)46)17-29(42)39-15-13-38(14-16-39)27-19-37-11-9-21(27)10-12-37;;/h1-8,18,21,27,30H,9-17,19-20H2,(H,43,44)(H,45,46);2*1H. The Labute approximate surface area is 301 Å². The quantitative estimate of drug-likeness (QED) is 0.340. The number of carbonyl (C=O) groups is 4. The largest absolute Gasteiger partial charge is 0.478 e. The molecule has 4 fully saturated rings. The van der Waals surface area contributed by atoms with Gasteiger partial charge < -0.3 is 24.9 Å². The molecule has 5 aliphatic heterocycles. The van der Waals surface area contributed by atoms with Crippen LogP contribution in [-0.4, -0.2) is 112 Å². The molecule has 0 aliphatic carbocycles. The summed E-state index contributed by atoms with van der Waals surface area (Å²) in [5.41, 5.74) is -0.157. The number of halogens is 4. The van der Waals surface area contributed by atoms with Gasteiger partial charge >= 0.3 is 11.9 Å². The maximum Gasteiger partial charge on any atom is 0.334 e. The van der Waals surface area contributed by atoms with E-state index in [-0.39, 0.29) is 81.9 Å². The number of hydrogen-bond donors (Lipinski definition) is 2. The summed E-state index contributed by atoms with van der Waals surface area (Å²) in [6.07, 6.45) is 3.31. The highest BCUT2D eigenvalue weighted by molar-refractivity contribution is 6.36. The Morgan fingerprint density at radius 3 is 1.96 bits per heavy atom. The number of carbonyl (C=O) groups excluding carboxylic acids is 2. The third-order valence-electron chi connectivity index (χ3n) is 9.80. The molecular weight excluding hydrogens is 702 g/mol. The number of piperidine rings is 3. The minimum Gasteiger partial charge on any atom is -0.478 e. The molecule has 14 heteroatoms. The van der Waals surface area contributed by atoms with E-state index in [0.717, 1.165) is 32.7 Å². The zero-order valence-corrected chi connectivity index (χ0v) is 29.2. The number of Topliss-reactive ketones (excluding diaryl/α,β-unsaturated/α-hetero) is 1. The van der Waals surface area contributed by atoms with Crippen molar-refractivity contribution in [2.24, 2.45) is 5.92 Å². The zero-order valence-electron chi connectivity index (χ0n) is 26.1. The fourth-order valence-electron chi connectivity index (χ4n) is 7.42. The molecule has 0 spiro atoms. The molecule has 0 aromatic heterocycles. The molecule has 5 aliphatic rings. The number of carboxylic acid groups (broad SMARTS) is 2. The monoisotopic (exact) mass is 738 g/mol. The third kappa shape index (κ3) is 7.69. The maximum atomic E-state index is 13.9. The van der Waals surface area contributed by atoms with Crippen molar-refractivity contribution in [2.75, 3.05) is 52.4 Å². The van der Waals surface area contributed by atoms with Crippen LogP contribution in [0, 0.1) is 5.92 Å². The van der Waals surface area contributed by atoms with Crippen LogP contribution in [0.4, 0.5) is 0 Å². The Bertz CT molecular complexity index is 1580. The van der Waals surface area contributed by atoms with Crippen LogP contribution in [0.2, 0.25) is 10.0 Å². The van der Waals surface area contributed by atoms with Gasteiger partial charge in [0.1, 0.15) is 0 Å².